The molecular formula is C11H9ClN2O. The van der Waals surface area contributed by atoms with Crippen molar-refractivity contribution in [1.82, 2.24) is 10.3 Å². The Labute approximate surface area is 92.1 Å². The molecule has 0 aliphatic rings. The van der Waals surface area contributed by atoms with Gasteiger partial charge in [-0.05, 0) is 18.2 Å². The second-order valence-corrected chi connectivity index (χ2v) is 3.58. The van der Waals surface area contributed by atoms with E-state index in [4.69, 9.17) is 11.6 Å². The van der Waals surface area contributed by atoms with Gasteiger partial charge in [-0.1, -0.05) is 17.7 Å². The SMILES string of the molecule is CNC(=O)c1cnc2cc(Cl)ccc2c1. The third-order valence-corrected chi connectivity index (χ3v) is 2.37. The van der Waals surface area contributed by atoms with Gasteiger partial charge in [-0.15, -0.1) is 0 Å². The fourth-order valence-corrected chi connectivity index (χ4v) is 1.53. The van der Waals surface area contributed by atoms with Crippen molar-refractivity contribution in [3.05, 3.63) is 41.0 Å². The van der Waals surface area contributed by atoms with E-state index in [1.165, 1.54) is 6.20 Å². The van der Waals surface area contributed by atoms with Crippen LogP contribution in [-0.4, -0.2) is 17.9 Å². The zero-order valence-electron chi connectivity index (χ0n) is 8.12. The van der Waals surface area contributed by atoms with Crippen molar-refractivity contribution >= 4 is 28.4 Å². The second-order valence-electron chi connectivity index (χ2n) is 3.14. The Hall–Kier alpha value is -1.61. The van der Waals surface area contributed by atoms with E-state index in [9.17, 15) is 4.79 Å². The molecule has 2 aromatic rings. The molecule has 0 fully saturated rings. The number of rotatable bonds is 1. The average Bonchev–Trinajstić information content (AvgIpc) is 2.27. The summed E-state index contributed by atoms with van der Waals surface area (Å²) in [5.74, 6) is -0.139. The number of aromatic nitrogens is 1. The molecule has 1 aromatic carbocycles. The summed E-state index contributed by atoms with van der Waals surface area (Å²) in [4.78, 5) is 15.5. The van der Waals surface area contributed by atoms with Gasteiger partial charge in [0.15, 0.2) is 0 Å². The van der Waals surface area contributed by atoms with Crippen LogP contribution in [0.1, 0.15) is 10.4 Å². The highest BCUT2D eigenvalue weighted by atomic mass is 35.5. The standard InChI is InChI=1S/C11H9ClN2O/c1-13-11(15)8-4-7-2-3-9(12)5-10(7)14-6-8/h2-6H,1H3,(H,13,15). The van der Waals surface area contributed by atoms with Crippen molar-refractivity contribution in [1.29, 1.82) is 0 Å². The van der Waals surface area contributed by atoms with Gasteiger partial charge in [0, 0.05) is 23.7 Å². The lowest BCUT2D eigenvalue weighted by atomic mass is 10.1. The Morgan fingerprint density at radius 2 is 2.20 bits per heavy atom. The van der Waals surface area contributed by atoms with E-state index in [0.717, 1.165) is 10.9 Å². The zero-order chi connectivity index (χ0) is 10.8. The van der Waals surface area contributed by atoms with Crippen LogP contribution in [0.5, 0.6) is 0 Å². The van der Waals surface area contributed by atoms with Crippen molar-refractivity contribution in [3.8, 4) is 0 Å². The van der Waals surface area contributed by atoms with Gasteiger partial charge in [-0.2, -0.15) is 0 Å². The van der Waals surface area contributed by atoms with Gasteiger partial charge in [-0.25, -0.2) is 0 Å². The molecule has 76 valence electrons. The maximum Gasteiger partial charge on any atom is 0.252 e. The van der Waals surface area contributed by atoms with Gasteiger partial charge >= 0.3 is 0 Å². The lowest BCUT2D eigenvalue weighted by Crippen LogP contribution is -2.17. The van der Waals surface area contributed by atoms with Crippen LogP contribution in [-0.2, 0) is 0 Å². The Balaban J connectivity index is 2.57. The van der Waals surface area contributed by atoms with Gasteiger partial charge in [0.25, 0.3) is 5.91 Å². The van der Waals surface area contributed by atoms with Crippen LogP contribution in [0.25, 0.3) is 10.9 Å². The largest absolute Gasteiger partial charge is 0.355 e. The lowest BCUT2D eigenvalue weighted by Gasteiger charge is -2.01. The van der Waals surface area contributed by atoms with E-state index in [1.54, 1.807) is 25.2 Å². The summed E-state index contributed by atoms with van der Waals surface area (Å²) >= 11 is 5.83. The number of benzene rings is 1. The van der Waals surface area contributed by atoms with Gasteiger partial charge in [0.2, 0.25) is 0 Å². The monoisotopic (exact) mass is 220 g/mol. The first kappa shape index (κ1) is 9.93. The first-order chi connectivity index (χ1) is 7.20. The van der Waals surface area contributed by atoms with Gasteiger partial charge in [-0.3, -0.25) is 9.78 Å². The molecule has 0 spiro atoms. The molecule has 15 heavy (non-hydrogen) atoms. The average molecular weight is 221 g/mol. The number of amides is 1. The summed E-state index contributed by atoms with van der Waals surface area (Å²) in [6.45, 7) is 0. The molecule has 3 nitrogen and oxygen atoms in total. The van der Waals surface area contributed by atoms with Gasteiger partial charge < -0.3 is 5.32 Å². The van der Waals surface area contributed by atoms with Crippen molar-refractivity contribution in [3.63, 3.8) is 0 Å². The molecule has 4 heteroatoms. The highest BCUT2D eigenvalue weighted by molar-refractivity contribution is 6.31. The number of nitrogens with one attached hydrogen (secondary N) is 1. The quantitative estimate of drug-likeness (QED) is 0.801. The molecule has 1 heterocycles. The first-order valence-electron chi connectivity index (χ1n) is 4.48. The predicted octanol–water partition coefficient (Wildman–Crippen LogP) is 2.25. The minimum absolute atomic E-state index is 0.139. The van der Waals surface area contributed by atoms with E-state index in [-0.39, 0.29) is 5.91 Å². The van der Waals surface area contributed by atoms with Crippen molar-refractivity contribution in [2.45, 2.75) is 0 Å². The molecule has 0 unspecified atom stereocenters. The molecule has 0 saturated carbocycles. The Bertz CT molecular complexity index is 525. The molecule has 0 saturated heterocycles. The van der Waals surface area contributed by atoms with Crippen LogP contribution in [0.4, 0.5) is 0 Å². The van der Waals surface area contributed by atoms with Crippen LogP contribution in [0.2, 0.25) is 5.02 Å². The summed E-state index contributed by atoms with van der Waals surface area (Å²) in [7, 11) is 1.59. The van der Waals surface area contributed by atoms with Crippen LogP contribution >= 0.6 is 11.6 Å². The Morgan fingerprint density at radius 3 is 2.93 bits per heavy atom. The van der Waals surface area contributed by atoms with Crippen LogP contribution in [0, 0.1) is 0 Å². The summed E-state index contributed by atoms with van der Waals surface area (Å²) in [5.41, 5.74) is 1.34. The first-order valence-corrected chi connectivity index (χ1v) is 4.86. The summed E-state index contributed by atoms with van der Waals surface area (Å²) in [5, 5.41) is 4.10. The molecule has 0 radical (unpaired) electrons. The highest BCUT2D eigenvalue weighted by Gasteiger charge is 2.04. The second kappa shape index (κ2) is 3.87. The summed E-state index contributed by atoms with van der Waals surface area (Å²) in [6.07, 6.45) is 1.54. The van der Waals surface area contributed by atoms with Crippen LogP contribution in [0.15, 0.2) is 30.5 Å². The maximum absolute atomic E-state index is 11.3. The molecule has 0 aliphatic carbocycles. The van der Waals surface area contributed by atoms with E-state index in [2.05, 4.69) is 10.3 Å². The maximum atomic E-state index is 11.3. The highest BCUT2D eigenvalue weighted by Crippen LogP contribution is 2.18. The van der Waals surface area contributed by atoms with Gasteiger partial charge in [0.1, 0.15) is 0 Å². The summed E-state index contributed by atoms with van der Waals surface area (Å²) in [6, 6.07) is 7.18. The zero-order valence-corrected chi connectivity index (χ0v) is 8.88. The molecular weight excluding hydrogens is 212 g/mol. The van der Waals surface area contributed by atoms with Crippen molar-refractivity contribution in [2.75, 3.05) is 7.05 Å². The van der Waals surface area contributed by atoms with Crippen LogP contribution in [0.3, 0.4) is 0 Å². The van der Waals surface area contributed by atoms with E-state index in [0.29, 0.717) is 10.6 Å². The number of hydrogen-bond donors (Lipinski definition) is 1. The van der Waals surface area contributed by atoms with Crippen molar-refractivity contribution in [2.24, 2.45) is 0 Å². The molecule has 0 aliphatic heterocycles. The molecule has 1 N–H and O–H groups in total. The molecule has 1 amide bonds. The van der Waals surface area contributed by atoms with Crippen molar-refractivity contribution < 1.29 is 4.79 Å². The smallest absolute Gasteiger partial charge is 0.252 e. The van der Waals surface area contributed by atoms with E-state index >= 15 is 0 Å². The van der Waals surface area contributed by atoms with E-state index in [1.807, 2.05) is 6.07 Å². The molecule has 1 aromatic heterocycles. The summed E-state index contributed by atoms with van der Waals surface area (Å²) < 4.78 is 0. The molecule has 0 atom stereocenters. The number of pyridine rings is 1. The predicted molar refractivity (Wildman–Crippen MR) is 60.1 cm³/mol. The Kier molecular flexibility index (Phi) is 2.56. The van der Waals surface area contributed by atoms with Gasteiger partial charge in [0.05, 0.1) is 11.1 Å². The van der Waals surface area contributed by atoms with E-state index < -0.39 is 0 Å². The number of carbonyl (C=O) groups is 1. The third kappa shape index (κ3) is 1.92. The molecule has 2 rings (SSSR count). The third-order valence-electron chi connectivity index (χ3n) is 2.14. The minimum Gasteiger partial charge on any atom is -0.355 e. The number of fused-ring (bicyclic) bond motifs is 1. The number of halogens is 1. The number of nitrogens with zero attached hydrogens (tertiary/aromatic N) is 1. The fraction of sp³-hybridized carbons (Fsp3) is 0.0909. The number of carbonyl (C=O) groups excluding carboxylic acids is 1. The fourth-order valence-electron chi connectivity index (χ4n) is 1.36. The molecule has 0 bridgehead atoms. The number of hydrogen-bond acceptors (Lipinski definition) is 2. The normalized spacial score (nSPS) is 10.3. The topological polar surface area (TPSA) is 42.0 Å². The Morgan fingerprint density at radius 1 is 1.40 bits per heavy atom. The lowest BCUT2D eigenvalue weighted by molar-refractivity contribution is 0.0963. The minimum atomic E-state index is -0.139. The van der Waals surface area contributed by atoms with Crippen LogP contribution < -0.4 is 5.32 Å².